The summed E-state index contributed by atoms with van der Waals surface area (Å²) >= 11 is 0. The summed E-state index contributed by atoms with van der Waals surface area (Å²) in [5.41, 5.74) is 7.32. The molecule has 3 N–H and O–H groups in total. The molecule has 0 radical (unpaired) electrons. The molecular weight excluding hydrogens is 284 g/mol. The summed E-state index contributed by atoms with van der Waals surface area (Å²) in [6.45, 7) is 4.65. The number of benzene rings is 1. The Morgan fingerprint density at radius 2 is 2.00 bits per heavy atom. The van der Waals surface area contributed by atoms with Gasteiger partial charge >= 0.3 is 0 Å². The molecule has 0 fully saturated rings. The van der Waals surface area contributed by atoms with E-state index in [1.807, 2.05) is 24.3 Å². The highest BCUT2D eigenvalue weighted by molar-refractivity contribution is 7.84. The van der Waals surface area contributed by atoms with Crippen LogP contribution in [0.3, 0.4) is 0 Å². The third kappa shape index (κ3) is 7.39. The molecule has 1 rings (SSSR count). The number of rotatable bonds is 9. The second-order valence-electron chi connectivity index (χ2n) is 5.54. The molecule has 5 heteroatoms. The molecule has 1 aromatic rings. The maximum absolute atomic E-state index is 11.9. The van der Waals surface area contributed by atoms with Crippen LogP contribution in [0.5, 0.6) is 0 Å². The summed E-state index contributed by atoms with van der Waals surface area (Å²) in [6.07, 6.45) is 2.02. The zero-order chi connectivity index (χ0) is 15.7. The maximum atomic E-state index is 11.9. The van der Waals surface area contributed by atoms with Crippen molar-refractivity contribution in [2.24, 2.45) is 11.7 Å². The van der Waals surface area contributed by atoms with Gasteiger partial charge in [0.15, 0.2) is 0 Å². The van der Waals surface area contributed by atoms with Gasteiger partial charge in [0.2, 0.25) is 5.91 Å². The first-order valence-electron chi connectivity index (χ1n) is 7.45. The van der Waals surface area contributed by atoms with Gasteiger partial charge in [0.05, 0.1) is 0 Å². The first-order valence-corrected chi connectivity index (χ1v) is 8.94. The molecule has 0 aromatic heterocycles. The molecule has 0 aliphatic rings. The van der Waals surface area contributed by atoms with Gasteiger partial charge in [-0.3, -0.25) is 9.00 Å². The lowest BCUT2D eigenvalue weighted by molar-refractivity contribution is -0.116. The lowest BCUT2D eigenvalue weighted by atomic mass is 10.1. The second-order valence-corrected chi connectivity index (χ2v) is 7.24. The number of carbonyl (C=O) groups is 1. The van der Waals surface area contributed by atoms with Crippen LogP contribution < -0.4 is 11.1 Å². The first kappa shape index (κ1) is 17.9. The fraction of sp³-hybridized carbons (Fsp3) is 0.562. The highest BCUT2D eigenvalue weighted by Gasteiger charge is 2.07. The number of hydrogen-bond acceptors (Lipinski definition) is 3. The average Bonchev–Trinajstić information content (AvgIpc) is 2.45. The van der Waals surface area contributed by atoms with E-state index in [2.05, 4.69) is 19.2 Å². The standard InChI is InChI=1S/C16H26N2O2S/c1-13(2)9-11-21(20)10-5-8-16(19)18-15-7-4-3-6-14(15)12-17/h3-4,6-7,13H,5,8-12,17H2,1-2H3,(H,18,19). The van der Waals surface area contributed by atoms with Gasteiger partial charge in [0, 0.05) is 41.0 Å². The quantitative estimate of drug-likeness (QED) is 0.736. The summed E-state index contributed by atoms with van der Waals surface area (Å²) in [7, 11) is -0.809. The molecule has 118 valence electrons. The Labute approximate surface area is 130 Å². The Bertz CT molecular complexity index is 475. The molecule has 1 atom stereocenters. The molecule has 0 bridgehead atoms. The summed E-state index contributed by atoms with van der Waals surface area (Å²) in [5, 5.41) is 2.87. The van der Waals surface area contributed by atoms with Crippen molar-refractivity contribution in [3.05, 3.63) is 29.8 Å². The molecule has 0 aliphatic heterocycles. The minimum absolute atomic E-state index is 0.0447. The number of anilines is 1. The highest BCUT2D eigenvalue weighted by Crippen LogP contribution is 2.14. The van der Waals surface area contributed by atoms with Crippen molar-refractivity contribution in [3.8, 4) is 0 Å². The van der Waals surface area contributed by atoms with E-state index >= 15 is 0 Å². The van der Waals surface area contributed by atoms with Crippen molar-refractivity contribution in [2.45, 2.75) is 39.7 Å². The number of nitrogens with one attached hydrogen (secondary N) is 1. The summed E-state index contributed by atoms with van der Waals surface area (Å²) in [6, 6.07) is 7.52. The number of hydrogen-bond donors (Lipinski definition) is 2. The minimum atomic E-state index is -0.809. The van der Waals surface area contributed by atoms with E-state index in [-0.39, 0.29) is 5.91 Å². The van der Waals surface area contributed by atoms with Gasteiger partial charge in [0.25, 0.3) is 0 Å². The molecule has 1 aromatic carbocycles. The minimum Gasteiger partial charge on any atom is -0.326 e. The van der Waals surface area contributed by atoms with Crippen molar-refractivity contribution >= 4 is 22.4 Å². The highest BCUT2D eigenvalue weighted by atomic mass is 32.2. The zero-order valence-corrected chi connectivity index (χ0v) is 13.7. The monoisotopic (exact) mass is 310 g/mol. The molecule has 1 unspecified atom stereocenters. The van der Waals surface area contributed by atoms with Crippen LogP contribution in [0.1, 0.15) is 38.7 Å². The number of amides is 1. The Morgan fingerprint density at radius 1 is 1.29 bits per heavy atom. The number of nitrogens with two attached hydrogens (primary N) is 1. The number of para-hydroxylation sites is 1. The first-order chi connectivity index (χ1) is 10.0. The van der Waals surface area contributed by atoms with E-state index in [9.17, 15) is 9.00 Å². The molecule has 0 saturated heterocycles. The lowest BCUT2D eigenvalue weighted by Crippen LogP contribution is -2.15. The summed E-state index contributed by atoms with van der Waals surface area (Å²) in [4.78, 5) is 11.9. The van der Waals surface area contributed by atoms with Crippen molar-refractivity contribution in [2.75, 3.05) is 16.8 Å². The molecule has 21 heavy (non-hydrogen) atoms. The fourth-order valence-corrected chi connectivity index (χ4v) is 3.30. The van der Waals surface area contributed by atoms with Crippen LogP contribution in [-0.4, -0.2) is 21.6 Å². The van der Waals surface area contributed by atoms with Gasteiger partial charge in [0.1, 0.15) is 0 Å². The Morgan fingerprint density at radius 3 is 2.67 bits per heavy atom. The van der Waals surface area contributed by atoms with Crippen LogP contribution in [0.25, 0.3) is 0 Å². The Balaban J connectivity index is 2.30. The second kappa shape index (κ2) is 9.68. The van der Waals surface area contributed by atoms with E-state index in [4.69, 9.17) is 5.73 Å². The van der Waals surface area contributed by atoms with Gasteiger partial charge in [-0.1, -0.05) is 32.0 Å². The molecule has 0 heterocycles. The van der Waals surface area contributed by atoms with Gasteiger partial charge in [-0.2, -0.15) is 0 Å². The average molecular weight is 310 g/mol. The summed E-state index contributed by atoms with van der Waals surface area (Å²) in [5.74, 6) is 1.86. The van der Waals surface area contributed by atoms with E-state index in [1.54, 1.807) is 0 Å². The fourth-order valence-electron chi connectivity index (χ4n) is 1.90. The van der Waals surface area contributed by atoms with Gasteiger partial charge in [-0.05, 0) is 30.4 Å². The van der Waals surface area contributed by atoms with Crippen molar-refractivity contribution < 1.29 is 9.00 Å². The third-order valence-electron chi connectivity index (χ3n) is 3.21. The Kier molecular flexibility index (Phi) is 8.23. The van der Waals surface area contributed by atoms with E-state index in [1.165, 1.54) is 0 Å². The Hall–Kier alpha value is -1.20. The van der Waals surface area contributed by atoms with E-state index in [0.29, 0.717) is 31.1 Å². The third-order valence-corrected chi connectivity index (χ3v) is 4.65. The predicted octanol–water partition coefficient (Wildman–Crippen LogP) is 2.66. The van der Waals surface area contributed by atoms with Crippen molar-refractivity contribution in [1.82, 2.24) is 0 Å². The van der Waals surface area contributed by atoms with Crippen LogP contribution in [0, 0.1) is 5.92 Å². The largest absolute Gasteiger partial charge is 0.326 e. The van der Waals surface area contributed by atoms with Crippen molar-refractivity contribution in [3.63, 3.8) is 0 Å². The van der Waals surface area contributed by atoms with Crippen LogP contribution in [-0.2, 0) is 22.1 Å². The summed E-state index contributed by atoms with van der Waals surface area (Å²) < 4.78 is 11.8. The SMILES string of the molecule is CC(C)CCS(=O)CCCC(=O)Nc1ccccc1CN. The molecule has 0 aliphatic carbocycles. The lowest BCUT2D eigenvalue weighted by Gasteiger charge is -2.09. The van der Waals surface area contributed by atoms with Gasteiger partial charge in [-0.15, -0.1) is 0 Å². The predicted molar refractivity (Wildman–Crippen MR) is 89.5 cm³/mol. The topological polar surface area (TPSA) is 72.2 Å². The number of carbonyl (C=O) groups excluding carboxylic acids is 1. The molecule has 4 nitrogen and oxygen atoms in total. The molecular formula is C16H26N2O2S. The van der Waals surface area contributed by atoms with Crippen LogP contribution in [0.15, 0.2) is 24.3 Å². The van der Waals surface area contributed by atoms with Crippen LogP contribution >= 0.6 is 0 Å². The van der Waals surface area contributed by atoms with Crippen LogP contribution in [0.4, 0.5) is 5.69 Å². The van der Waals surface area contributed by atoms with Gasteiger partial charge in [-0.25, -0.2) is 0 Å². The molecule has 0 spiro atoms. The normalized spacial score (nSPS) is 12.4. The van der Waals surface area contributed by atoms with E-state index in [0.717, 1.165) is 23.4 Å². The molecule has 1 amide bonds. The van der Waals surface area contributed by atoms with Gasteiger partial charge < -0.3 is 11.1 Å². The zero-order valence-electron chi connectivity index (χ0n) is 12.9. The van der Waals surface area contributed by atoms with Crippen molar-refractivity contribution in [1.29, 1.82) is 0 Å². The van der Waals surface area contributed by atoms with E-state index < -0.39 is 10.8 Å². The maximum Gasteiger partial charge on any atom is 0.224 e. The molecule has 0 saturated carbocycles. The smallest absolute Gasteiger partial charge is 0.224 e. The van der Waals surface area contributed by atoms with Crippen LogP contribution in [0.2, 0.25) is 0 Å².